The van der Waals surface area contributed by atoms with Crippen LogP contribution in [0.2, 0.25) is 0 Å². The Morgan fingerprint density at radius 2 is 2.06 bits per heavy atom. The van der Waals surface area contributed by atoms with Crippen molar-refractivity contribution in [1.82, 2.24) is 5.32 Å². The standard InChI is InChI=1S/C15H24BrNO/c1-5-9-17-15(11(3)6-2)12-7-8-14(18-4)13(16)10-12/h7-8,10-11,15,17H,5-6,9H2,1-4H3. The maximum atomic E-state index is 5.28. The largest absolute Gasteiger partial charge is 0.496 e. The molecule has 0 bridgehead atoms. The highest BCUT2D eigenvalue weighted by molar-refractivity contribution is 9.10. The van der Waals surface area contributed by atoms with Crippen molar-refractivity contribution in [3.63, 3.8) is 0 Å². The van der Waals surface area contributed by atoms with Crippen molar-refractivity contribution in [3.8, 4) is 5.75 Å². The number of halogens is 1. The van der Waals surface area contributed by atoms with E-state index in [1.165, 1.54) is 12.0 Å². The van der Waals surface area contributed by atoms with E-state index in [0.717, 1.165) is 23.2 Å². The van der Waals surface area contributed by atoms with Gasteiger partial charge in [0.25, 0.3) is 0 Å². The molecule has 0 saturated carbocycles. The molecule has 2 nitrogen and oxygen atoms in total. The van der Waals surface area contributed by atoms with Crippen LogP contribution in [0.5, 0.6) is 5.75 Å². The van der Waals surface area contributed by atoms with Crippen molar-refractivity contribution in [3.05, 3.63) is 28.2 Å². The van der Waals surface area contributed by atoms with Crippen molar-refractivity contribution in [2.24, 2.45) is 5.92 Å². The van der Waals surface area contributed by atoms with Gasteiger partial charge >= 0.3 is 0 Å². The Labute approximate surface area is 119 Å². The lowest BCUT2D eigenvalue weighted by molar-refractivity contribution is 0.375. The molecule has 102 valence electrons. The van der Waals surface area contributed by atoms with Crippen LogP contribution in [0.3, 0.4) is 0 Å². The van der Waals surface area contributed by atoms with E-state index in [9.17, 15) is 0 Å². The minimum absolute atomic E-state index is 0.414. The fourth-order valence-corrected chi connectivity index (χ4v) is 2.62. The molecule has 0 amide bonds. The molecule has 2 atom stereocenters. The summed E-state index contributed by atoms with van der Waals surface area (Å²) in [6, 6.07) is 6.77. The smallest absolute Gasteiger partial charge is 0.133 e. The molecule has 0 spiro atoms. The second kappa shape index (κ2) is 7.80. The summed E-state index contributed by atoms with van der Waals surface area (Å²) in [5.74, 6) is 1.51. The highest BCUT2D eigenvalue weighted by Gasteiger charge is 2.18. The van der Waals surface area contributed by atoms with Gasteiger partial charge in [0.15, 0.2) is 0 Å². The average Bonchev–Trinajstić information content (AvgIpc) is 2.39. The molecule has 0 radical (unpaired) electrons. The fourth-order valence-electron chi connectivity index (χ4n) is 2.06. The van der Waals surface area contributed by atoms with Gasteiger partial charge in [-0.1, -0.05) is 33.3 Å². The van der Waals surface area contributed by atoms with E-state index in [4.69, 9.17) is 4.74 Å². The second-order valence-electron chi connectivity index (χ2n) is 4.71. The van der Waals surface area contributed by atoms with Gasteiger partial charge in [-0.15, -0.1) is 0 Å². The van der Waals surface area contributed by atoms with E-state index >= 15 is 0 Å². The minimum Gasteiger partial charge on any atom is -0.496 e. The second-order valence-corrected chi connectivity index (χ2v) is 5.57. The maximum absolute atomic E-state index is 5.28. The predicted molar refractivity (Wildman–Crippen MR) is 81.2 cm³/mol. The fraction of sp³-hybridized carbons (Fsp3) is 0.600. The molecule has 18 heavy (non-hydrogen) atoms. The lowest BCUT2D eigenvalue weighted by Crippen LogP contribution is -2.27. The molecule has 1 aromatic rings. The zero-order chi connectivity index (χ0) is 13.5. The maximum Gasteiger partial charge on any atom is 0.133 e. The molecular weight excluding hydrogens is 290 g/mol. The van der Waals surface area contributed by atoms with Crippen molar-refractivity contribution in [1.29, 1.82) is 0 Å². The number of benzene rings is 1. The Morgan fingerprint density at radius 3 is 2.56 bits per heavy atom. The Balaban J connectivity index is 2.93. The molecule has 0 saturated heterocycles. The van der Waals surface area contributed by atoms with Crippen LogP contribution < -0.4 is 10.1 Å². The van der Waals surface area contributed by atoms with E-state index in [2.05, 4.69) is 54.2 Å². The van der Waals surface area contributed by atoms with Crippen LogP contribution in [0.4, 0.5) is 0 Å². The lowest BCUT2D eigenvalue weighted by atomic mass is 9.92. The zero-order valence-corrected chi connectivity index (χ0v) is 13.4. The van der Waals surface area contributed by atoms with Gasteiger partial charge in [-0.05, 0) is 52.5 Å². The van der Waals surface area contributed by atoms with Gasteiger partial charge in [-0.3, -0.25) is 0 Å². The van der Waals surface area contributed by atoms with Gasteiger partial charge in [0.2, 0.25) is 0 Å². The van der Waals surface area contributed by atoms with Gasteiger partial charge in [-0.2, -0.15) is 0 Å². The third kappa shape index (κ3) is 3.99. The SMILES string of the molecule is CCCNC(c1ccc(OC)c(Br)c1)C(C)CC. The van der Waals surface area contributed by atoms with Crippen molar-refractivity contribution >= 4 is 15.9 Å². The lowest BCUT2D eigenvalue weighted by Gasteiger charge is -2.25. The molecule has 0 aliphatic rings. The number of methoxy groups -OCH3 is 1. The molecule has 1 N–H and O–H groups in total. The van der Waals surface area contributed by atoms with Crippen LogP contribution in [0, 0.1) is 5.92 Å². The third-order valence-electron chi connectivity index (χ3n) is 3.36. The number of ether oxygens (including phenoxy) is 1. The summed E-state index contributed by atoms with van der Waals surface area (Å²) < 4.78 is 6.30. The molecule has 0 fully saturated rings. The molecule has 0 aromatic heterocycles. The molecule has 0 heterocycles. The third-order valence-corrected chi connectivity index (χ3v) is 3.98. The van der Waals surface area contributed by atoms with Crippen LogP contribution in [0.25, 0.3) is 0 Å². The number of rotatable bonds is 7. The predicted octanol–water partition coefficient (Wildman–Crippen LogP) is 4.54. The Hall–Kier alpha value is -0.540. The first-order valence-electron chi connectivity index (χ1n) is 6.70. The van der Waals surface area contributed by atoms with E-state index in [-0.39, 0.29) is 0 Å². The van der Waals surface area contributed by atoms with Crippen LogP contribution in [-0.4, -0.2) is 13.7 Å². The van der Waals surface area contributed by atoms with Crippen LogP contribution >= 0.6 is 15.9 Å². The number of hydrogen-bond acceptors (Lipinski definition) is 2. The summed E-state index contributed by atoms with van der Waals surface area (Å²) in [6.45, 7) is 7.79. The van der Waals surface area contributed by atoms with Crippen LogP contribution in [0.15, 0.2) is 22.7 Å². The van der Waals surface area contributed by atoms with Crippen molar-refractivity contribution in [2.75, 3.05) is 13.7 Å². The molecule has 2 unspecified atom stereocenters. The number of hydrogen-bond donors (Lipinski definition) is 1. The molecule has 3 heteroatoms. The van der Waals surface area contributed by atoms with Crippen molar-refractivity contribution < 1.29 is 4.74 Å². The highest BCUT2D eigenvalue weighted by atomic mass is 79.9. The molecule has 1 rings (SSSR count). The summed E-state index contributed by atoms with van der Waals surface area (Å²) >= 11 is 3.56. The van der Waals surface area contributed by atoms with Gasteiger partial charge in [0.1, 0.15) is 5.75 Å². The van der Waals surface area contributed by atoms with E-state index in [1.807, 2.05) is 6.07 Å². The summed E-state index contributed by atoms with van der Waals surface area (Å²) in [7, 11) is 1.70. The molecule has 0 aliphatic heterocycles. The molecule has 0 aliphatic carbocycles. The minimum atomic E-state index is 0.414. The van der Waals surface area contributed by atoms with E-state index in [1.54, 1.807) is 7.11 Å². The van der Waals surface area contributed by atoms with E-state index in [0.29, 0.717) is 12.0 Å². The average molecular weight is 314 g/mol. The van der Waals surface area contributed by atoms with Gasteiger partial charge in [0.05, 0.1) is 11.6 Å². The van der Waals surface area contributed by atoms with E-state index < -0.39 is 0 Å². The summed E-state index contributed by atoms with van der Waals surface area (Å²) in [5.41, 5.74) is 1.32. The monoisotopic (exact) mass is 313 g/mol. The number of nitrogens with one attached hydrogen (secondary N) is 1. The quantitative estimate of drug-likeness (QED) is 0.797. The summed E-state index contributed by atoms with van der Waals surface area (Å²) in [4.78, 5) is 0. The van der Waals surface area contributed by atoms with Crippen LogP contribution in [0.1, 0.15) is 45.2 Å². The Morgan fingerprint density at radius 1 is 1.33 bits per heavy atom. The van der Waals surface area contributed by atoms with Crippen molar-refractivity contribution in [2.45, 2.75) is 39.7 Å². The topological polar surface area (TPSA) is 21.3 Å². The normalized spacial score (nSPS) is 14.3. The first-order valence-corrected chi connectivity index (χ1v) is 7.50. The van der Waals surface area contributed by atoms with Gasteiger partial charge in [-0.25, -0.2) is 0 Å². The first kappa shape index (κ1) is 15.5. The molecular formula is C15H24BrNO. The summed E-state index contributed by atoms with van der Waals surface area (Å²) in [5, 5.41) is 3.64. The molecule has 1 aromatic carbocycles. The Bertz CT molecular complexity index is 368. The highest BCUT2D eigenvalue weighted by Crippen LogP contribution is 2.31. The van der Waals surface area contributed by atoms with Gasteiger partial charge < -0.3 is 10.1 Å². The van der Waals surface area contributed by atoms with Gasteiger partial charge in [0, 0.05) is 6.04 Å². The zero-order valence-electron chi connectivity index (χ0n) is 11.8. The summed E-state index contributed by atoms with van der Waals surface area (Å²) in [6.07, 6.45) is 2.33. The van der Waals surface area contributed by atoms with Crippen LogP contribution in [-0.2, 0) is 0 Å². The first-order chi connectivity index (χ1) is 8.63. The Kier molecular flexibility index (Phi) is 6.72.